The van der Waals surface area contributed by atoms with Crippen LogP contribution in [0.5, 0.6) is 0 Å². The second-order valence-corrected chi connectivity index (χ2v) is 7.96. The van der Waals surface area contributed by atoms with Gasteiger partial charge in [0.1, 0.15) is 0 Å². The molecule has 3 rings (SSSR count). The largest absolute Gasteiger partial charge is 0.385 e. The number of nitrogens with one attached hydrogen (secondary N) is 2. The molecule has 6 nitrogen and oxygen atoms in total. The second-order valence-electron chi connectivity index (χ2n) is 7.96. The van der Waals surface area contributed by atoms with Gasteiger partial charge in [-0.2, -0.15) is 5.26 Å². The molecular formula is C27H32N6. The van der Waals surface area contributed by atoms with Gasteiger partial charge in [0.25, 0.3) is 0 Å². The van der Waals surface area contributed by atoms with Crippen molar-refractivity contribution in [3.8, 4) is 6.19 Å². The molecule has 0 spiro atoms. The van der Waals surface area contributed by atoms with Crippen LogP contribution in [-0.4, -0.2) is 16.5 Å². The Morgan fingerprint density at radius 1 is 1.03 bits per heavy atom. The highest BCUT2D eigenvalue weighted by Gasteiger charge is 2.16. The maximum Gasteiger partial charge on any atom is 0.234 e. The Labute approximate surface area is 197 Å². The van der Waals surface area contributed by atoms with E-state index in [9.17, 15) is 0 Å². The number of anilines is 2. The molecule has 0 bridgehead atoms. The van der Waals surface area contributed by atoms with E-state index in [4.69, 9.17) is 5.26 Å². The van der Waals surface area contributed by atoms with E-state index in [1.54, 1.807) is 0 Å². The van der Waals surface area contributed by atoms with Crippen molar-refractivity contribution >= 4 is 17.3 Å². The number of nitrogens with zero attached hydrogens (tertiary/aromatic N) is 4. The minimum absolute atomic E-state index is 0.642. The van der Waals surface area contributed by atoms with Gasteiger partial charge in [0.05, 0.1) is 0 Å². The summed E-state index contributed by atoms with van der Waals surface area (Å²) < 4.78 is 0. The monoisotopic (exact) mass is 440 g/mol. The van der Waals surface area contributed by atoms with Crippen molar-refractivity contribution in [2.75, 3.05) is 11.4 Å². The lowest BCUT2D eigenvalue weighted by Crippen LogP contribution is -2.19. The molecule has 2 N–H and O–H groups in total. The zero-order valence-corrected chi connectivity index (χ0v) is 19.1. The number of rotatable bonds is 13. The highest BCUT2D eigenvalue weighted by Crippen LogP contribution is 2.29. The van der Waals surface area contributed by atoms with E-state index in [1.165, 1.54) is 0 Å². The van der Waals surface area contributed by atoms with Crippen LogP contribution in [0.4, 0.5) is 11.6 Å². The smallest absolute Gasteiger partial charge is 0.234 e. The molecule has 33 heavy (non-hydrogen) atoms. The van der Waals surface area contributed by atoms with Crippen LogP contribution in [-0.2, 0) is 0 Å². The lowest BCUT2D eigenvalue weighted by molar-refractivity contribution is 0.622. The first kappa shape index (κ1) is 23.8. The molecule has 0 radical (unpaired) electrons. The fourth-order valence-electron chi connectivity index (χ4n) is 3.61. The van der Waals surface area contributed by atoms with E-state index in [-0.39, 0.29) is 0 Å². The molecule has 0 saturated heterocycles. The Morgan fingerprint density at radius 2 is 1.79 bits per heavy atom. The van der Waals surface area contributed by atoms with E-state index in [0.29, 0.717) is 5.95 Å². The van der Waals surface area contributed by atoms with Crippen LogP contribution in [0, 0.1) is 11.5 Å². The first-order valence-electron chi connectivity index (χ1n) is 11.5. The van der Waals surface area contributed by atoms with Crippen molar-refractivity contribution in [2.45, 2.75) is 44.9 Å². The third-order valence-corrected chi connectivity index (χ3v) is 5.41. The average molecular weight is 441 g/mol. The minimum atomic E-state index is 0.642. The van der Waals surface area contributed by atoms with Crippen LogP contribution in [0.25, 0.3) is 5.70 Å². The van der Waals surface area contributed by atoms with Crippen molar-refractivity contribution in [1.29, 1.82) is 5.26 Å². The minimum Gasteiger partial charge on any atom is -0.385 e. The lowest BCUT2D eigenvalue weighted by Gasteiger charge is -2.25. The van der Waals surface area contributed by atoms with Gasteiger partial charge in [0.15, 0.2) is 6.19 Å². The van der Waals surface area contributed by atoms with E-state index >= 15 is 0 Å². The Balaban J connectivity index is 1.51. The molecule has 1 aliphatic rings. The molecule has 1 aromatic heterocycles. The van der Waals surface area contributed by atoms with Gasteiger partial charge in [-0.3, -0.25) is 10.2 Å². The molecule has 1 aromatic carbocycles. The number of hydrogen-bond donors (Lipinski definition) is 2. The van der Waals surface area contributed by atoms with Crippen molar-refractivity contribution in [1.82, 2.24) is 20.6 Å². The molecule has 0 fully saturated rings. The number of hydrogen-bond acceptors (Lipinski definition) is 6. The second kappa shape index (κ2) is 12.9. The van der Waals surface area contributed by atoms with E-state index in [0.717, 1.165) is 79.8 Å². The highest BCUT2D eigenvalue weighted by atomic mass is 15.3. The topological polar surface area (TPSA) is 76.9 Å². The summed E-state index contributed by atoms with van der Waals surface area (Å²) in [5.41, 5.74) is 4.63. The van der Waals surface area contributed by atoms with E-state index in [2.05, 4.69) is 69.0 Å². The van der Waals surface area contributed by atoms with Gasteiger partial charge < -0.3 is 5.32 Å². The summed E-state index contributed by atoms with van der Waals surface area (Å²) in [7, 11) is 0. The average Bonchev–Trinajstić information content (AvgIpc) is 2.85. The summed E-state index contributed by atoms with van der Waals surface area (Å²) in [6.45, 7) is 8.82. The molecule has 0 saturated carbocycles. The van der Waals surface area contributed by atoms with Gasteiger partial charge in [-0.25, -0.2) is 9.97 Å². The van der Waals surface area contributed by atoms with Gasteiger partial charge in [-0.1, -0.05) is 56.4 Å². The molecule has 0 unspecified atom stereocenters. The van der Waals surface area contributed by atoms with E-state index < -0.39 is 0 Å². The number of para-hydroxylation sites is 1. The van der Waals surface area contributed by atoms with Crippen LogP contribution < -0.4 is 15.5 Å². The zero-order valence-electron chi connectivity index (χ0n) is 19.1. The summed E-state index contributed by atoms with van der Waals surface area (Å²) in [6, 6.07) is 10.2. The number of benzene rings is 1. The van der Waals surface area contributed by atoms with Crippen molar-refractivity contribution in [3.05, 3.63) is 91.1 Å². The number of nitriles is 1. The molecule has 0 aliphatic heterocycles. The molecule has 1 aliphatic carbocycles. The molecule has 2 aromatic rings. The summed E-state index contributed by atoms with van der Waals surface area (Å²) in [5.74, 6) is 0.642. The van der Waals surface area contributed by atoms with Crippen LogP contribution in [0.15, 0.2) is 85.5 Å². The van der Waals surface area contributed by atoms with E-state index in [1.807, 2.05) is 36.8 Å². The predicted molar refractivity (Wildman–Crippen MR) is 135 cm³/mol. The van der Waals surface area contributed by atoms with Crippen LogP contribution >= 0.6 is 0 Å². The fourth-order valence-corrected chi connectivity index (χ4v) is 3.61. The van der Waals surface area contributed by atoms with Crippen molar-refractivity contribution in [3.63, 3.8) is 0 Å². The summed E-state index contributed by atoms with van der Waals surface area (Å²) in [5, 5.41) is 14.5. The molecule has 1 heterocycles. The Kier molecular flexibility index (Phi) is 9.29. The van der Waals surface area contributed by atoms with Crippen LogP contribution in [0.1, 0.15) is 50.5 Å². The summed E-state index contributed by atoms with van der Waals surface area (Å²) >= 11 is 0. The van der Waals surface area contributed by atoms with Gasteiger partial charge in [0, 0.05) is 47.3 Å². The standard InChI is InChI=1S/C27H32N6/c1-22(32-21-28)13-7-3-4-12-18-29-23(2)24-19-30-27(31-20-24)33(25-14-8-5-9-15-25)26-16-10-6-11-17-26/h5,8-10,14-17,19-20,29,32H,1-4,6-7,11-13,18H2. The zero-order chi connectivity index (χ0) is 23.3. The van der Waals surface area contributed by atoms with Crippen LogP contribution in [0.3, 0.4) is 0 Å². The third kappa shape index (κ3) is 7.36. The molecular weight excluding hydrogens is 408 g/mol. The Morgan fingerprint density at radius 3 is 2.48 bits per heavy atom. The summed E-state index contributed by atoms with van der Waals surface area (Å²) in [6.07, 6.45) is 19.3. The van der Waals surface area contributed by atoms with Crippen molar-refractivity contribution in [2.24, 2.45) is 0 Å². The van der Waals surface area contributed by atoms with Gasteiger partial charge >= 0.3 is 0 Å². The highest BCUT2D eigenvalue weighted by molar-refractivity contribution is 5.66. The van der Waals surface area contributed by atoms with Gasteiger partial charge in [-0.05, 0) is 50.3 Å². The first-order chi connectivity index (χ1) is 16.2. The van der Waals surface area contributed by atoms with Gasteiger partial charge in [-0.15, -0.1) is 0 Å². The predicted octanol–water partition coefficient (Wildman–Crippen LogP) is 5.94. The Bertz CT molecular complexity index is 1010. The quantitative estimate of drug-likeness (QED) is 0.228. The van der Waals surface area contributed by atoms with Crippen molar-refractivity contribution < 1.29 is 0 Å². The normalized spacial score (nSPS) is 12.4. The SMILES string of the molecule is C=C(CCCCCCNC(=C)c1cnc(N(C2=CCCC=C2)c2ccccc2)nc1)NC#N. The third-order valence-electron chi connectivity index (χ3n) is 5.41. The molecule has 0 atom stereocenters. The fraction of sp³-hybridized carbons (Fsp3) is 0.296. The Hall–Kier alpha value is -3.85. The lowest BCUT2D eigenvalue weighted by atomic mass is 10.1. The molecule has 6 heteroatoms. The molecule has 170 valence electrons. The number of aromatic nitrogens is 2. The number of unbranched alkanes of at least 4 members (excludes halogenated alkanes) is 3. The maximum absolute atomic E-state index is 8.55. The summed E-state index contributed by atoms with van der Waals surface area (Å²) in [4.78, 5) is 11.4. The maximum atomic E-state index is 8.55. The molecule has 0 amide bonds. The van der Waals surface area contributed by atoms with Gasteiger partial charge in [0.2, 0.25) is 5.95 Å². The first-order valence-corrected chi connectivity index (χ1v) is 11.5. The van der Waals surface area contributed by atoms with Crippen LogP contribution in [0.2, 0.25) is 0 Å². The number of allylic oxidation sites excluding steroid dienone is 4.